The molecule has 1 aromatic carbocycles. The Bertz CT molecular complexity index is 498. The van der Waals surface area contributed by atoms with Crippen LogP contribution in [0.3, 0.4) is 0 Å². The lowest BCUT2D eigenvalue weighted by Crippen LogP contribution is -2.47. The van der Waals surface area contributed by atoms with Gasteiger partial charge in [-0.2, -0.15) is 0 Å². The fraction of sp³-hybridized carbons (Fsp3) is 0.533. The third-order valence-electron chi connectivity index (χ3n) is 3.90. The second-order valence-electron chi connectivity index (χ2n) is 5.33. The summed E-state index contributed by atoms with van der Waals surface area (Å²) >= 11 is 3.36. The molecule has 0 saturated heterocycles. The average Bonchev–Trinajstić information content (AvgIpc) is 2.87. The van der Waals surface area contributed by atoms with E-state index < -0.39 is 5.60 Å². The standard InChI is InChI=1S/C15H20BrNO3/c1-2-17(14(19)15(20)7-3-4-8-15)10-11-9-12(16)5-6-13(11)18/h5-6,9,18,20H,2-4,7-8,10H2,1H3. The Balaban J connectivity index is 2.16. The number of hydrogen-bond donors (Lipinski definition) is 2. The number of rotatable bonds is 4. The summed E-state index contributed by atoms with van der Waals surface area (Å²) in [6.45, 7) is 2.70. The van der Waals surface area contributed by atoms with Crippen molar-refractivity contribution in [3.05, 3.63) is 28.2 Å². The van der Waals surface area contributed by atoms with Crippen LogP contribution in [-0.2, 0) is 11.3 Å². The Morgan fingerprint density at radius 3 is 2.65 bits per heavy atom. The topological polar surface area (TPSA) is 60.8 Å². The zero-order valence-electron chi connectivity index (χ0n) is 11.6. The highest BCUT2D eigenvalue weighted by atomic mass is 79.9. The average molecular weight is 342 g/mol. The van der Waals surface area contributed by atoms with E-state index in [1.807, 2.05) is 6.92 Å². The molecule has 20 heavy (non-hydrogen) atoms. The molecule has 0 spiro atoms. The van der Waals surface area contributed by atoms with Gasteiger partial charge in [0, 0.05) is 23.1 Å². The van der Waals surface area contributed by atoms with Crippen LogP contribution < -0.4 is 0 Å². The van der Waals surface area contributed by atoms with Gasteiger partial charge in [0.15, 0.2) is 0 Å². The number of aromatic hydroxyl groups is 1. The summed E-state index contributed by atoms with van der Waals surface area (Å²) in [5.41, 5.74) is -0.534. The van der Waals surface area contributed by atoms with Crippen molar-refractivity contribution in [1.82, 2.24) is 4.90 Å². The minimum absolute atomic E-state index is 0.165. The van der Waals surface area contributed by atoms with E-state index >= 15 is 0 Å². The number of carbonyl (C=O) groups excluding carboxylic acids is 1. The van der Waals surface area contributed by atoms with Gasteiger partial charge >= 0.3 is 0 Å². The van der Waals surface area contributed by atoms with Crippen molar-refractivity contribution in [3.63, 3.8) is 0 Å². The first-order valence-corrected chi connectivity index (χ1v) is 7.75. The van der Waals surface area contributed by atoms with Crippen molar-refractivity contribution in [2.24, 2.45) is 0 Å². The number of amides is 1. The van der Waals surface area contributed by atoms with Crippen molar-refractivity contribution in [3.8, 4) is 5.75 Å². The molecule has 1 amide bonds. The molecule has 1 aliphatic carbocycles. The molecule has 0 radical (unpaired) electrons. The van der Waals surface area contributed by atoms with E-state index in [0.717, 1.165) is 17.3 Å². The molecule has 0 aromatic heterocycles. The fourth-order valence-electron chi connectivity index (χ4n) is 2.68. The summed E-state index contributed by atoms with van der Waals surface area (Å²) in [7, 11) is 0. The molecule has 0 heterocycles. The molecule has 1 saturated carbocycles. The number of likely N-dealkylation sites (N-methyl/N-ethyl adjacent to an activating group) is 1. The monoisotopic (exact) mass is 341 g/mol. The largest absolute Gasteiger partial charge is 0.508 e. The number of carbonyl (C=O) groups is 1. The maximum atomic E-state index is 12.5. The van der Waals surface area contributed by atoms with Gasteiger partial charge < -0.3 is 15.1 Å². The highest BCUT2D eigenvalue weighted by molar-refractivity contribution is 9.10. The summed E-state index contributed by atoms with van der Waals surface area (Å²) in [5, 5.41) is 20.3. The SMILES string of the molecule is CCN(Cc1cc(Br)ccc1O)C(=O)C1(O)CCCC1. The van der Waals surface area contributed by atoms with Crippen LogP contribution in [0, 0.1) is 0 Å². The molecule has 0 unspecified atom stereocenters. The van der Waals surface area contributed by atoms with Gasteiger partial charge in [-0.15, -0.1) is 0 Å². The molecule has 0 bridgehead atoms. The molecule has 2 rings (SSSR count). The van der Waals surface area contributed by atoms with Crippen LogP contribution in [0.1, 0.15) is 38.2 Å². The molecule has 1 aromatic rings. The van der Waals surface area contributed by atoms with Gasteiger partial charge in [-0.1, -0.05) is 15.9 Å². The smallest absolute Gasteiger partial charge is 0.254 e. The Labute approximate surface area is 127 Å². The lowest BCUT2D eigenvalue weighted by atomic mass is 10.00. The van der Waals surface area contributed by atoms with Gasteiger partial charge in [0.1, 0.15) is 11.4 Å². The van der Waals surface area contributed by atoms with Crippen molar-refractivity contribution in [2.45, 2.75) is 44.8 Å². The predicted octanol–water partition coefficient (Wildman–Crippen LogP) is 2.81. The van der Waals surface area contributed by atoms with Gasteiger partial charge in [0.25, 0.3) is 5.91 Å². The number of halogens is 1. The Kier molecular flexibility index (Phi) is 4.70. The number of aliphatic hydroxyl groups is 1. The minimum atomic E-state index is -1.21. The van der Waals surface area contributed by atoms with Crippen LogP contribution >= 0.6 is 15.9 Å². The van der Waals surface area contributed by atoms with Gasteiger partial charge in [0.05, 0.1) is 0 Å². The van der Waals surface area contributed by atoms with Crippen molar-refractivity contribution < 1.29 is 15.0 Å². The molecule has 1 aliphatic rings. The number of nitrogens with zero attached hydrogens (tertiary/aromatic N) is 1. The van der Waals surface area contributed by atoms with E-state index in [1.165, 1.54) is 0 Å². The molecule has 0 aliphatic heterocycles. The van der Waals surface area contributed by atoms with Gasteiger partial charge in [0.2, 0.25) is 0 Å². The first-order valence-electron chi connectivity index (χ1n) is 6.95. The van der Waals surface area contributed by atoms with Crippen molar-refractivity contribution >= 4 is 21.8 Å². The van der Waals surface area contributed by atoms with Gasteiger partial charge in [-0.25, -0.2) is 0 Å². The number of phenolic OH excluding ortho intramolecular Hbond substituents is 1. The van der Waals surface area contributed by atoms with Crippen LogP contribution in [0.25, 0.3) is 0 Å². The molecule has 4 nitrogen and oxygen atoms in total. The van der Waals surface area contributed by atoms with Crippen LogP contribution in [-0.4, -0.2) is 33.2 Å². The van der Waals surface area contributed by atoms with E-state index in [9.17, 15) is 15.0 Å². The van der Waals surface area contributed by atoms with E-state index in [1.54, 1.807) is 23.1 Å². The second-order valence-corrected chi connectivity index (χ2v) is 6.25. The molecular weight excluding hydrogens is 322 g/mol. The van der Waals surface area contributed by atoms with Crippen molar-refractivity contribution in [2.75, 3.05) is 6.54 Å². The Morgan fingerprint density at radius 2 is 2.05 bits per heavy atom. The molecule has 5 heteroatoms. The summed E-state index contributed by atoms with van der Waals surface area (Å²) in [6.07, 6.45) is 2.85. The predicted molar refractivity (Wildman–Crippen MR) is 80.3 cm³/mol. The quantitative estimate of drug-likeness (QED) is 0.885. The van der Waals surface area contributed by atoms with E-state index in [-0.39, 0.29) is 11.7 Å². The molecule has 1 fully saturated rings. The van der Waals surface area contributed by atoms with Crippen LogP contribution in [0.5, 0.6) is 5.75 Å². The lowest BCUT2D eigenvalue weighted by Gasteiger charge is -2.30. The van der Waals surface area contributed by atoms with Crippen LogP contribution in [0.4, 0.5) is 0 Å². The van der Waals surface area contributed by atoms with Gasteiger partial charge in [-0.3, -0.25) is 4.79 Å². The maximum Gasteiger partial charge on any atom is 0.254 e. The third-order valence-corrected chi connectivity index (χ3v) is 4.39. The number of hydrogen-bond acceptors (Lipinski definition) is 3. The van der Waals surface area contributed by atoms with E-state index in [0.29, 0.717) is 31.5 Å². The first kappa shape index (κ1) is 15.3. The highest BCUT2D eigenvalue weighted by Gasteiger charge is 2.41. The van der Waals surface area contributed by atoms with Crippen LogP contribution in [0.15, 0.2) is 22.7 Å². The van der Waals surface area contributed by atoms with Gasteiger partial charge in [-0.05, 0) is 50.8 Å². The molecular formula is C15H20BrNO3. The third kappa shape index (κ3) is 3.15. The Morgan fingerprint density at radius 1 is 1.40 bits per heavy atom. The van der Waals surface area contributed by atoms with Crippen LogP contribution in [0.2, 0.25) is 0 Å². The summed E-state index contributed by atoms with van der Waals surface area (Å²) in [4.78, 5) is 14.1. The second kappa shape index (κ2) is 6.14. The summed E-state index contributed by atoms with van der Waals surface area (Å²) in [5.74, 6) is -0.0604. The normalized spacial score (nSPS) is 17.1. The lowest BCUT2D eigenvalue weighted by molar-refractivity contribution is -0.151. The molecule has 2 N–H and O–H groups in total. The number of phenols is 1. The maximum absolute atomic E-state index is 12.5. The zero-order chi connectivity index (χ0) is 14.8. The Hall–Kier alpha value is -1.07. The minimum Gasteiger partial charge on any atom is -0.508 e. The van der Waals surface area contributed by atoms with E-state index in [4.69, 9.17) is 0 Å². The van der Waals surface area contributed by atoms with E-state index in [2.05, 4.69) is 15.9 Å². The molecule has 0 atom stereocenters. The highest BCUT2D eigenvalue weighted by Crippen LogP contribution is 2.32. The summed E-state index contributed by atoms with van der Waals surface area (Å²) in [6, 6.07) is 5.15. The fourth-order valence-corrected chi connectivity index (χ4v) is 3.09. The summed E-state index contributed by atoms with van der Waals surface area (Å²) < 4.78 is 0.855. The number of benzene rings is 1. The first-order chi connectivity index (χ1) is 9.46. The zero-order valence-corrected chi connectivity index (χ0v) is 13.2. The van der Waals surface area contributed by atoms with Crippen molar-refractivity contribution in [1.29, 1.82) is 0 Å². The molecule has 110 valence electrons.